The first-order valence-electron chi connectivity index (χ1n) is 9.86. The van der Waals surface area contributed by atoms with Crippen molar-refractivity contribution in [3.05, 3.63) is 39.8 Å². The number of amides is 1. The largest absolute Gasteiger partial charge is 0.497 e. The van der Waals surface area contributed by atoms with E-state index in [4.69, 9.17) is 14.2 Å². The van der Waals surface area contributed by atoms with Gasteiger partial charge in [0.2, 0.25) is 0 Å². The molecule has 1 amide bonds. The maximum Gasteiger partial charge on any atom is 0.341 e. The molecule has 7 heteroatoms. The van der Waals surface area contributed by atoms with Crippen LogP contribution in [0.4, 0.5) is 5.00 Å². The Kier molecular flexibility index (Phi) is 6.79. The minimum absolute atomic E-state index is 0.293. The number of thiophene rings is 1. The predicted octanol–water partition coefficient (Wildman–Crippen LogP) is 4.71. The summed E-state index contributed by atoms with van der Waals surface area (Å²) in [6.07, 6.45) is 3.93. The molecule has 6 nitrogen and oxygen atoms in total. The number of carbonyl (C=O) groups excluding carboxylic acids is 2. The van der Waals surface area contributed by atoms with Crippen LogP contribution in [-0.4, -0.2) is 32.7 Å². The van der Waals surface area contributed by atoms with Crippen molar-refractivity contribution in [2.24, 2.45) is 5.92 Å². The van der Waals surface area contributed by atoms with Crippen molar-refractivity contribution in [3.8, 4) is 11.5 Å². The number of nitrogens with one attached hydrogen (secondary N) is 1. The van der Waals surface area contributed by atoms with E-state index in [9.17, 15) is 9.59 Å². The fraction of sp³-hybridized carbons (Fsp3) is 0.455. The van der Waals surface area contributed by atoms with Crippen LogP contribution >= 0.6 is 11.3 Å². The molecule has 1 aliphatic rings. The number of rotatable bonds is 7. The standard InChI is InChI=1S/C22H27NO5S/c1-5-13-7-8-17-18(9-13)29-21(19(17)22(25)28-6-2)23-20(24)14-10-15(26-3)12-16(11-14)27-4/h10-13H,5-9H2,1-4H3,(H,23,24). The molecule has 1 aromatic carbocycles. The number of hydrogen-bond donors (Lipinski definition) is 1. The van der Waals surface area contributed by atoms with E-state index in [0.29, 0.717) is 40.2 Å². The van der Waals surface area contributed by atoms with Crippen molar-refractivity contribution < 1.29 is 23.8 Å². The molecular formula is C22H27NO5S. The number of hydrogen-bond acceptors (Lipinski definition) is 6. The van der Waals surface area contributed by atoms with E-state index in [2.05, 4.69) is 12.2 Å². The van der Waals surface area contributed by atoms with Gasteiger partial charge in [0.05, 0.1) is 26.4 Å². The molecule has 0 aliphatic heterocycles. The van der Waals surface area contributed by atoms with Gasteiger partial charge in [-0.25, -0.2) is 4.79 Å². The van der Waals surface area contributed by atoms with E-state index in [1.165, 1.54) is 30.4 Å². The van der Waals surface area contributed by atoms with Crippen molar-refractivity contribution in [2.45, 2.75) is 39.5 Å². The highest BCUT2D eigenvalue weighted by molar-refractivity contribution is 7.17. The number of esters is 1. The maximum absolute atomic E-state index is 12.9. The minimum atomic E-state index is -0.376. The average Bonchev–Trinajstić information content (AvgIpc) is 3.10. The molecule has 1 heterocycles. The van der Waals surface area contributed by atoms with Crippen LogP contribution in [0.15, 0.2) is 18.2 Å². The summed E-state index contributed by atoms with van der Waals surface area (Å²) < 4.78 is 15.8. The Bertz CT molecular complexity index is 883. The molecule has 1 unspecified atom stereocenters. The second-order valence-corrected chi connectivity index (χ2v) is 8.11. The lowest BCUT2D eigenvalue weighted by molar-refractivity contribution is 0.0526. The number of fused-ring (bicyclic) bond motifs is 1. The molecule has 3 rings (SSSR count). The smallest absolute Gasteiger partial charge is 0.341 e. The van der Waals surface area contributed by atoms with E-state index in [0.717, 1.165) is 31.2 Å². The zero-order valence-electron chi connectivity index (χ0n) is 17.3. The van der Waals surface area contributed by atoms with Gasteiger partial charge in [-0.3, -0.25) is 4.79 Å². The van der Waals surface area contributed by atoms with Gasteiger partial charge in [-0.1, -0.05) is 13.3 Å². The van der Waals surface area contributed by atoms with Gasteiger partial charge in [-0.2, -0.15) is 0 Å². The Morgan fingerprint density at radius 3 is 2.41 bits per heavy atom. The topological polar surface area (TPSA) is 73.9 Å². The molecule has 0 spiro atoms. The van der Waals surface area contributed by atoms with Gasteiger partial charge in [0, 0.05) is 16.5 Å². The molecule has 1 N–H and O–H groups in total. The zero-order chi connectivity index (χ0) is 21.0. The van der Waals surface area contributed by atoms with Crippen molar-refractivity contribution >= 4 is 28.2 Å². The lowest BCUT2D eigenvalue weighted by atomic mass is 9.85. The molecule has 1 aromatic heterocycles. The summed E-state index contributed by atoms with van der Waals surface area (Å²) in [7, 11) is 3.07. The summed E-state index contributed by atoms with van der Waals surface area (Å²) in [6.45, 7) is 4.26. The Hall–Kier alpha value is -2.54. The fourth-order valence-corrected chi connectivity index (χ4v) is 4.97. The highest BCUT2D eigenvalue weighted by atomic mass is 32.1. The summed E-state index contributed by atoms with van der Waals surface area (Å²) in [5.74, 6) is 0.965. The molecule has 0 radical (unpaired) electrons. The van der Waals surface area contributed by atoms with Crippen LogP contribution < -0.4 is 14.8 Å². The van der Waals surface area contributed by atoms with Gasteiger partial charge >= 0.3 is 5.97 Å². The molecule has 0 fully saturated rings. The quantitative estimate of drug-likeness (QED) is 0.661. The minimum Gasteiger partial charge on any atom is -0.497 e. The van der Waals surface area contributed by atoms with E-state index in [1.54, 1.807) is 25.1 Å². The van der Waals surface area contributed by atoms with Crippen LogP contribution in [0.25, 0.3) is 0 Å². The fourth-order valence-electron chi connectivity index (χ4n) is 3.62. The van der Waals surface area contributed by atoms with E-state index < -0.39 is 0 Å². The average molecular weight is 418 g/mol. The van der Waals surface area contributed by atoms with Crippen LogP contribution in [0.1, 0.15) is 57.8 Å². The van der Waals surface area contributed by atoms with Crippen molar-refractivity contribution in [3.63, 3.8) is 0 Å². The van der Waals surface area contributed by atoms with Gasteiger partial charge in [0.1, 0.15) is 16.5 Å². The Labute approximate surface area is 175 Å². The zero-order valence-corrected chi connectivity index (χ0v) is 18.1. The predicted molar refractivity (Wildman–Crippen MR) is 114 cm³/mol. The first-order valence-corrected chi connectivity index (χ1v) is 10.7. The third kappa shape index (κ3) is 4.56. The first-order chi connectivity index (χ1) is 14.0. The molecule has 1 aliphatic carbocycles. The molecule has 0 saturated heterocycles. The molecule has 156 valence electrons. The number of methoxy groups -OCH3 is 2. The van der Waals surface area contributed by atoms with Crippen LogP contribution in [0.2, 0.25) is 0 Å². The molecule has 0 bridgehead atoms. The van der Waals surface area contributed by atoms with Crippen LogP contribution in [0.5, 0.6) is 11.5 Å². The monoisotopic (exact) mass is 417 g/mol. The van der Waals surface area contributed by atoms with Crippen LogP contribution in [-0.2, 0) is 17.6 Å². The highest BCUT2D eigenvalue weighted by Crippen LogP contribution is 2.41. The SMILES string of the molecule is CCOC(=O)c1c(NC(=O)c2cc(OC)cc(OC)c2)sc2c1CCC(CC)C2. The highest BCUT2D eigenvalue weighted by Gasteiger charge is 2.30. The summed E-state index contributed by atoms with van der Waals surface area (Å²) >= 11 is 1.48. The molecule has 0 saturated carbocycles. The van der Waals surface area contributed by atoms with Crippen molar-refractivity contribution in [1.82, 2.24) is 0 Å². The molecule has 2 aromatic rings. The summed E-state index contributed by atoms with van der Waals surface area (Å²) in [5.41, 5.74) is 1.93. The lowest BCUT2D eigenvalue weighted by Gasteiger charge is -2.20. The van der Waals surface area contributed by atoms with Crippen LogP contribution in [0, 0.1) is 5.92 Å². The second kappa shape index (κ2) is 9.31. The number of anilines is 1. The van der Waals surface area contributed by atoms with Gasteiger partial charge in [0.15, 0.2) is 0 Å². The summed E-state index contributed by atoms with van der Waals surface area (Å²) in [6, 6.07) is 4.99. The van der Waals surface area contributed by atoms with Gasteiger partial charge in [-0.15, -0.1) is 11.3 Å². The van der Waals surface area contributed by atoms with E-state index in [-0.39, 0.29) is 11.9 Å². The Morgan fingerprint density at radius 2 is 1.83 bits per heavy atom. The van der Waals surface area contributed by atoms with Gasteiger partial charge in [0.25, 0.3) is 5.91 Å². The molecular weight excluding hydrogens is 390 g/mol. The van der Waals surface area contributed by atoms with E-state index >= 15 is 0 Å². The van der Waals surface area contributed by atoms with Crippen LogP contribution in [0.3, 0.4) is 0 Å². The summed E-state index contributed by atoms with van der Waals surface area (Å²) in [4.78, 5) is 26.8. The maximum atomic E-state index is 12.9. The molecule has 1 atom stereocenters. The number of ether oxygens (including phenoxy) is 3. The normalized spacial score (nSPS) is 15.4. The number of benzene rings is 1. The van der Waals surface area contributed by atoms with Gasteiger partial charge in [-0.05, 0) is 49.8 Å². The van der Waals surface area contributed by atoms with Gasteiger partial charge < -0.3 is 19.5 Å². The summed E-state index contributed by atoms with van der Waals surface area (Å²) in [5, 5.41) is 3.48. The van der Waals surface area contributed by atoms with Crippen molar-refractivity contribution in [2.75, 3.05) is 26.1 Å². The Balaban J connectivity index is 1.95. The Morgan fingerprint density at radius 1 is 1.14 bits per heavy atom. The van der Waals surface area contributed by atoms with Crippen molar-refractivity contribution in [1.29, 1.82) is 0 Å². The lowest BCUT2D eigenvalue weighted by Crippen LogP contribution is -2.17. The second-order valence-electron chi connectivity index (χ2n) is 7.00. The third-order valence-electron chi connectivity index (χ3n) is 5.26. The third-order valence-corrected chi connectivity index (χ3v) is 6.43. The molecule has 29 heavy (non-hydrogen) atoms. The van der Waals surface area contributed by atoms with E-state index in [1.807, 2.05) is 0 Å². The number of carbonyl (C=O) groups is 2. The first kappa shape index (κ1) is 21.2.